The van der Waals surface area contributed by atoms with Gasteiger partial charge >= 0.3 is 0 Å². The number of nitrogens with two attached hydrogens (primary N) is 2. The van der Waals surface area contributed by atoms with Crippen LogP contribution in [0.5, 0.6) is 0 Å². The van der Waals surface area contributed by atoms with Crippen molar-refractivity contribution < 1.29 is 0 Å². The van der Waals surface area contributed by atoms with Gasteiger partial charge in [-0.25, -0.2) is 0 Å². The number of nitrogen functional groups attached to an aromatic ring is 1. The SMILES string of the molecule is Nc1cccc2c1CC(N)C2. The van der Waals surface area contributed by atoms with Crippen LogP contribution < -0.4 is 11.5 Å². The van der Waals surface area contributed by atoms with Gasteiger partial charge in [-0.1, -0.05) is 12.1 Å². The third kappa shape index (κ3) is 0.994. The number of benzene rings is 1. The van der Waals surface area contributed by atoms with E-state index in [1.807, 2.05) is 12.1 Å². The van der Waals surface area contributed by atoms with Crippen LogP contribution >= 0.6 is 0 Å². The van der Waals surface area contributed by atoms with Gasteiger partial charge in [0.1, 0.15) is 0 Å². The molecular formula is C9H12N2. The van der Waals surface area contributed by atoms with Crippen molar-refractivity contribution in [3.05, 3.63) is 29.3 Å². The van der Waals surface area contributed by atoms with E-state index in [-0.39, 0.29) is 6.04 Å². The summed E-state index contributed by atoms with van der Waals surface area (Å²) in [6.45, 7) is 0. The normalized spacial score (nSPS) is 21.7. The number of hydrogen-bond donors (Lipinski definition) is 2. The van der Waals surface area contributed by atoms with Crippen LogP contribution in [-0.4, -0.2) is 6.04 Å². The van der Waals surface area contributed by atoms with Gasteiger partial charge in [-0.2, -0.15) is 0 Å². The summed E-state index contributed by atoms with van der Waals surface area (Å²) in [4.78, 5) is 0. The summed E-state index contributed by atoms with van der Waals surface area (Å²) in [6, 6.07) is 6.33. The van der Waals surface area contributed by atoms with Gasteiger partial charge < -0.3 is 11.5 Å². The standard InChI is InChI=1S/C9H12N2/c10-7-4-6-2-1-3-9(11)8(6)5-7/h1-3,7H,4-5,10-11H2. The third-order valence-electron chi connectivity index (χ3n) is 2.26. The van der Waals surface area contributed by atoms with E-state index in [0.29, 0.717) is 0 Å². The van der Waals surface area contributed by atoms with E-state index in [2.05, 4.69) is 6.07 Å². The zero-order valence-electron chi connectivity index (χ0n) is 6.38. The van der Waals surface area contributed by atoms with Crippen LogP contribution in [0.15, 0.2) is 18.2 Å². The number of fused-ring (bicyclic) bond motifs is 1. The first kappa shape index (κ1) is 6.68. The van der Waals surface area contributed by atoms with Crippen LogP contribution in [0.3, 0.4) is 0 Å². The summed E-state index contributed by atoms with van der Waals surface area (Å²) < 4.78 is 0. The lowest BCUT2D eigenvalue weighted by atomic mass is 10.1. The molecule has 2 nitrogen and oxygen atoms in total. The van der Waals surface area contributed by atoms with E-state index < -0.39 is 0 Å². The summed E-state index contributed by atoms with van der Waals surface area (Å²) in [5, 5.41) is 0. The Morgan fingerprint density at radius 2 is 2.09 bits per heavy atom. The van der Waals surface area contributed by atoms with Crippen molar-refractivity contribution in [2.75, 3.05) is 5.73 Å². The minimum Gasteiger partial charge on any atom is -0.398 e. The molecular weight excluding hydrogens is 136 g/mol. The molecule has 1 aromatic rings. The molecule has 1 aliphatic carbocycles. The van der Waals surface area contributed by atoms with Crippen molar-refractivity contribution >= 4 is 5.69 Å². The number of rotatable bonds is 0. The summed E-state index contributed by atoms with van der Waals surface area (Å²) >= 11 is 0. The molecule has 0 radical (unpaired) electrons. The molecule has 0 saturated carbocycles. The maximum Gasteiger partial charge on any atom is 0.0349 e. The molecule has 1 aliphatic rings. The molecule has 2 heteroatoms. The Labute approximate surface area is 66.2 Å². The largest absolute Gasteiger partial charge is 0.398 e. The molecule has 0 aliphatic heterocycles. The fourth-order valence-corrected chi connectivity index (χ4v) is 1.71. The molecule has 11 heavy (non-hydrogen) atoms. The first-order valence-corrected chi connectivity index (χ1v) is 3.89. The van der Waals surface area contributed by atoms with E-state index in [0.717, 1.165) is 18.5 Å². The van der Waals surface area contributed by atoms with Gasteiger partial charge in [-0.05, 0) is 30.0 Å². The molecule has 2 rings (SSSR count). The average molecular weight is 148 g/mol. The average Bonchev–Trinajstić information content (AvgIpc) is 2.31. The van der Waals surface area contributed by atoms with Crippen LogP contribution in [0.4, 0.5) is 5.69 Å². The monoisotopic (exact) mass is 148 g/mol. The van der Waals surface area contributed by atoms with E-state index in [1.165, 1.54) is 11.1 Å². The fraction of sp³-hybridized carbons (Fsp3) is 0.333. The Kier molecular flexibility index (Phi) is 1.36. The fourth-order valence-electron chi connectivity index (χ4n) is 1.71. The zero-order valence-corrected chi connectivity index (χ0v) is 6.38. The maximum absolute atomic E-state index is 5.80. The van der Waals surface area contributed by atoms with Crippen molar-refractivity contribution in [3.63, 3.8) is 0 Å². The Morgan fingerprint density at radius 1 is 1.27 bits per heavy atom. The van der Waals surface area contributed by atoms with Crippen LogP contribution in [0, 0.1) is 0 Å². The highest BCUT2D eigenvalue weighted by Crippen LogP contribution is 2.25. The summed E-state index contributed by atoms with van der Waals surface area (Å²) in [5.41, 5.74) is 15.1. The molecule has 1 unspecified atom stereocenters. The first-order chi connectivity index (χ1) is 5.27. The van der Waals surface area contributed by atoms with Gasteiger partial charge in [0, 0.05) is 11.7 Å². The van der Waals surface area contributed by atoms with Gasteiger partial charge in [0.25, 0.3) is 0 Å². The lowest BCUT2D eigenvalue weighted by Crippen LogP contribution is -2.19. The summed E-state index contributed by atoms with van der Waals surface area (Å²) in [6.07, 6.45) is 1.93. The lowest BCUT2D eigenvalue weighted by molar-refractivity contribution is 0.721. The quantitative estimate of drug-likeness (QED) is 0.532. The molecule has 0 bridgehead atoms. The minimum absolute atomic E-state index is 0.287. The van der Waals surface area contributed by atoms with Crippen LogP contribution in [0.2, 0.25) is 0 Å². The molecule has 1 aromatic carbocycles. The molecule has 0 spiro atoms. The molecule has 0 amide bonds. The van der Waals surface area contributed by atoms with E-state index in [9.17, 15) is 0 Å². The van der Waals surface area contributed by atoms with E-state index >= 15 is 0 Å². The highest BCUT2D eigenvalue weighted by Gasteiger charge is 2.18. The van der Waals surface area contributed by atoms with Gasteiger partial charge in [0.15, 0.2) is 0 Å². The van der Waals surface area contributed by atoms with Crippen LogP contribution in [-0.2, 0) is 12.8 Å². The Balaban J connectivity index is 2.49. The summed E-state index contributed by atoms with van der Waals surface area (Å²) in [7, 11) is 0. The highest BCUT2D eigenvalue weighted by atomic mass is 14.7. The highest BCUT2D eigenvalue weighted by molar-refractivity contribution is 5.53. The Morgan fingerprint density at radius 3 is 2.82 bits per heavy atom. The molecule has 0 saturated heterocycles. The smallest absolute Gasteiger partial charge is 0.0349 e. The van der Waals surface area contributed by atoms with Crippen LogP contribution in [0.1, 0.15) is 11.1 Å². The Bertz CT molecular complexity index is 281. The maximum atomic E-state index is 5.80. The zero-order chi connectivity index (χ0) is 7.84. The van der Waals surface area contributed by atoms with Crippen molar-refractivity contribution in [2.24, 2.45) is 5.73 Å². The van der Waals surface area contributed by atoms with Gasteiger partial charge in [-0.3, -0.25) is 0 Å². The van der Waals surface area contributed by atoms with Crippen LogP contribution in [0.25, 0.3) is 0 Å². The van der Waals surface area contributed by atoms with E-state index in [1.54, 1.807) is 0 Å². The lowest BCUT2D eigenvalue weighted by Gasteiger charge is -2.00. The van der Waals surface area contributed by atoms with Crippen molar-refractivity contribution in [3.8, 4) is 0 Å². The predicted molar refractivity (Wildman–Crippen MR) is 46.2 cm³/mol. The van der Waals surface area contributed by atoms with Gasteiger partial charge in [0.05, 0.1) is 0 Å². The van der Waals surface area contributed by atoms with Crippen molar-refractivity contribution in [1.82, 2.24) is 0 Å². The predicted octanol–water partition coefficient (Wildman–Crippen LogP) is 0.695. The molecule has 0 heterocycles. The molecule has 0 fully saturated rings. The van der Waals surface area contributed by atoms with Gasteiger partial charge in [-0.15, -0.1) is 0 Å². The minimum atomic E-state index is 0.287. The first-order valence-electron chi connectivity index (χ1n) is 3.89. The second kappa shape index (κ2) is 2.24. The van der Waals surface area contributed by atoms with E-state index in [4.69, 9.17) is 11.5 Å². The topological polar surface area (TPSA) is 52.0 Å². The molecule has 4 N–H and O–H groups in total. The second-order valence-corrected chi connectivity index (χ2v) is 3.15. The van der Waals surface area contributed by atoms with Gasteiger partial charge in [0.2, 0.25) is 0 Å². The molecule has 58 valence electrons. The summed E-state index contributed by atoms with van der Waals surface area (Å²) in [5.74, 6) is 0. The third-order valence-corrected chi connectivity index (χ3v) is 2.26. The molecule has 0 aromatic heterocycles. The molecule has 1 atom stereocenters. The second-order valence-electron chi connectivity index (χ2n) is 3.15. The Hall–Kier alpha value is -1.02. The van der Waals surface area contributed by atoms with Crippen molar-refractivity contribution in [2.45, 2.75) is 18.9 Å². The number of hydrogen-bond acceptors (Lipinski definition) is 2. The van der Waals surface area contributed by atoms with Crippen molar-refractivity contribution in [1.29, 1.82) is 0 Å². The number of anilines is 1.